The number of carbonyl (C=O) groups excluding carboxylic acids is 2. The predicted molar refractivity (Wildman–Crippen MR) is 125 cm³/mol. The van der Waals surface area contributed by atoms with Crippen LogP contribution >= 0.6 is 0 Å². The third kappa shape index (κ3) is 5.20. The summed E-state index contributed by atoms with van der Waals surface area (Å²) in [6, 6.07) is 11.8. The van der Waals surface area contributed by atoms with Crippen LogP contribution in [-0.4, -0.2) is 55.2 Å². The van der Waals surface area contributed by atoms with Gasteiger partial charge in [-0.15, -0.1) is 0 Å². The Kier molecular flexibility index (Phi) is 7.76. The van der Waals surface area contributed by atoms with Gasteiger partial charge in [-0.3, -0.25) is 9.59 Å². The van der Waals surface area contributed by atoms with Gasteiger partial charge < -0.3 is 24.2 Å². The number of Topliss-reactive ketones (excluding diaryl/α,β-unsaturated/α-hetero) is 1. The molecule has 0 bridgehead atoms. The molecule has 2 aromatic rings. The topological polar surface area (TPSA) is 85.3 Å². The van der Waals surface area contributed by atoms with Crippen molar-refractivity contribution >= 4 is 17.4 Å². The molecule has 1 N–H and O–H groups in total. The van der Waals surface area contributed by atoms with Crippen molar-refractivity contribution in [2.24, 2.45) is 0 Å². The summed E-state index contributed by atoms with van der Waals surface area (Å²) in [4.78, 5) is 27.8. The summed E-state index contributed by atoms with van der Waals surface area (Å²) in [5.41, 5.74) is 2.06. The molecule has 0 saturated carbocycles. The van der Waals surface area contributed by atoms with Crippen LogP contribution in [0.15, 0.2) is 48.0 Å². The molecule has 0 radical (unpaired) electrons. The molecule has 0 aromatic heterocycles. The maximum absolute atomic E-state index is 13.2. The van der Waals surface area contributed by atoms with Gasteiger partial charge in [0.05, 0.1) is 37.5 Å². The summed E-state index contributed by atoms with van der Waals surface area (Å²) < 4.78 is 16.3. The number of aliphatic hydroxyl groups excluding tert-OH is 1. The first-order valence-corrected chi connectivity index (χ1v) is 11.0. The lowest BCUT2D eigenvalue weighted by Gasteiger charge is -2.26. The SMILES string of the molecule is COc1ccc(OC)c(/C(O)=C2\C(=O)C(=O)N(CCCOC(C)C)C2c2cccc(C)c2)c1. The van der Waals surface area contributed by atoms with Gasteiger partial charge in [0.2, 0.25) is 0 Å². The van der Waals surface area contributed by atoms with Crippen LogP contribution in [0.25, 0.3) is 5.76 Å². The number of hydrogen-bond acceptors (Lipinski definition) is 6. The second-order valence-electron chi connectivity index (χ2n) is 8.25. The molecule has 2 aromatic carbocycles. The van der Waals surface area contributed by atoms with Gasteiger partial charge >= 0.3 is 0 Å². The van der Waals surface area contributed by atoms with Crippen LogP contribution in [0, 0.1) is 6.92 Å². The first-order valence-electron chi connectivity index (χ1n) is 11.0. The van der Waals surface area contributed by atoms with Gasteiger partial charge in [0.15, 0.2) is 0 Å². The zero-order valence-electron chi connectivity index (χ0n) is 19.8. The van der Waals surface area contributed by atoms with Gasteiger partial charge in [0.1, 0.15) is 17.3 Å². The van der Waals surface area contributed by atoms with Crippen molar-refractivity contribution in [2.75, 3.05) is 27.4 Å². The minimum absolute atomic E-state index is 0.0296. The summed E-state index contributed by atoms with van der Waals surface area (Å²) in [7, 11) is 2.99. The Labute approximate surface area is 194 Å². The fourth-order valence-electron chi connectivity index (χ4n) is 4.00. The van der Waals surface area contributed by atoms with E-state index in [1.165, 1.54) is 19.1 Å². The second kappa shape index (κ2) is 10.5. The third-order valence-electron chi connectivity index (χ3n) is 5.55. The molecule has 1 unspecified atom stereocenters. The Morgan fingerprint density at radius 1 is 1.09 bits per heavy atom. The number of likely N-dealkylation sites (tertiary alicyclic amines) is 1. The van der Waals surface area contributed by atoms with Crippen LogP contribution in [-0.2, 0) is 14.3 Å². The molecule has 7 nitrogen and oxygen atoms in total. The Hall–Kier alpha value is -3.32. The highest BCUT2D eigenvalue weighted by Crippen LogP contribution is 2.41. The van der Waals surface area contributed by atoms with Gasteiger partial charge in [-0.2, -0.15) is 0 Å². The van der Waals surface area contributed by atoms with E-state index in [1.807, 2.05) is 45.0 Å². The molecule has 33 heavy (non-hydrogen) atoms. The number of amides is 1. The molecule has 1 atom stereocenters. The van der Waals surface area contributed by atoms with Gasteiger partial charge in [-0.05, 0) is 51.0 Å². The monoisotopic (exact) mass is 453 g/mol. The minimum atomic E-state index is -0.728. The van der Waals surface area contributed by atoms with Crippen LogP contribution < -0.4 is 9.47 Å². The molecule has 0 aliphatic carbocycles. The van der Waals surface area contributed by atoms with E-state index in [0.29, 0.717) is 31.1 Å². The summed E-state index contributed by atoms with van der Waals surface area (Å²) in [5, 5.41) is 11.3. The van der Waals surface area contributed by atoms with Crippen molar-refractivity contribution in [3.63, 3.8) is 0 Å². The summed E-state index contributed by atoms with van der Waals surface area (Å²) >= 11 is 0. The molecular weight excluding hydrogens is 422 g/mol. The van der Waals surface area contributed by atoms with Crippen LogP contribution in [0.1, 0.15) is 43.0 Å². The smallest absolute Gasteiger partial charge is 0.295 e. The highest BCUT2D eigenvalue weighted by molar-refractivity contribution is 6.46. The lowest BCUT2D eigenvalue weighted by atomic mass is 9.94. The molecule has 1 fully saturated rings. The molecule has 0 spiro atoms. The fourth-order valence-corrected chi connectivity index (χ4v) is 4.00. The van der Waals surface area contributed by atoms with Crippen molar-refractivity contribution in [3.05, 3.63) is 64.7 Å². The molecule has 3 rings (SSSR count). The van der Waals surface area contributed by atoms with Crippen molar-refractivity contribution in [2.45, 2.75) is 39.3 Å². The fraction of sp³-hybridized carbons (Fsp3) is 0.385. The van der Waals surface area contributed by atoms with Gasteiger partial charge in [-0.25, -0.2) is 0 Å². The van der Waals surface area contributed by atoms with Gasteiger partial charge in [0, 0.05) is 13.2 Å². The number of hydrogen-bond donors (Lipinski definition) is 1. The summed E-state index contributed by atoms with van der Waals surface area (Å²) in [6.07, 6.45) is 0.643. The van der Waals surface area contributed by atoms with Crippen LogP contribution in [0.3, 0.4) is 0 Å². The maximum Gasteiger partial charge on any atom is 0.295 e. The molecule has 1 aliphatic rings. The zero-order chi connectivity index (χ0) is 24.1. The standard InChI is InChI=1S/C26H31NO6/c1-16(2)33-13-7-12-27-23(18-9-6-8-17(3)14-18)22(25(29)26(27)30)24(28)20-15-19(31-4)10-11-21(20)32-5/h6,8-11,14-16,23,28H,7,12-13H2,1-5H3/b24-22+. The van der Waals surface area contributed by atoms with Crippen molar-refractivity contribution in [1.29, 1.82) is 0 Å². The largest absolute Gasteiger partial charge is 0.507 e. The average molecular weight is 454 g/mol. The van der Waals surface area contributed by atoms with E-state index >= 15 is 0 Å². The van der Waals surface area contributed by atoms with E-state index < -0.39 is 17.7 Å². The highest BCUT2D eigenvalue weighted by atomic mass is 16.5. The molecule has 1 heterocycles. The number of nitrogens with zero attached hydrogens (tertiary/aromatic N) is 1. The van der Waals surface area contributed by atoms with Crippen molar-refractivity contribution in [3.8, 4) is 11.5 Å². The Morgan fingerprint density at radius 3 is 2.48 bits per heavy atom. The van der Waals surface area contributed by atoms with Crippen LogP contribution in [0.5, 0.6) is 11.5 Å². The number of ketones is 1. The van der Waals surface area contributed by atoms with Gasteiger partial charge in [-0.1, -0.05) is 29.8 Å². The molecule has 7 heteroatoms. The zero-order valence-corrected chi connectivity index (χ0v) is 19.8. The summed E-state index contributed by atoms with van der Waals surface area (Å²) in [5.74, 6) is -0.808. The van der Waals surface area contributed by atoms with Crippen molar-refractivity contribution in [1.82, 2.24) is 4.90 Å². The summed E-state index contributed by atoms with van der Waals surface area (Å²) in [6.45, 7) is 6.62. The number of aliphatic hydroxyl groups is 1. The molecular formula is C26H31NO6. The number of aryl methyl sites for hydroxylation is 1. The number of benzene rings is 2. The number of rotatable bonds is 9. The lowest BCUT2D eigenvalue weighted by molar-refractivity contribution is -0.140. The number of methoxy groups -OCH3 is 2. The van der Waals surface area contributed by atoms with E-state index in [1.54, 1.807) is 18.2 Å². The maximum atomic E-state index is 13.2. The Balaban J connectivity index is 2.12. The first kappa shape index (κ1) is 24.3. The lowest BCUT2D eigenvalue weighted by Crippen LogP contribution is -2.31. The first-order chi connectivity index (χ1) is 15.8. The quantitative estimate of drug-likeness (QED) is 0.264. The second-order valence-corrected chi connectivity index (χ2v) is 8.25. The van der Waals surface area contributed by atoms with E-state index in [2.05, 4.69) is 0 Å². The van der Waals surface area contributed by atoms with E-state index in [-0.39, 0.29) is 23.0 Å². The van der Waals surface area contributed by atoms with Gasteiger partial charge in [0.25, 0.3) is 11.7 Å². The third-order valence-corrected chi connectivity index (χ3v) is 5.55. The van der Waals surface area contributed by atoms with Crippen LogP contribution in [0.4, 0.5) is 0 Å². The Bertz CT molecular complexity index is 1060. The molecule has 1 amide bonds. The Morgan fingerprint density at radius 2 is 1.85 bits per heavy atom. The average Bonchev–Trinajstić information content (AvgIpc) is 3.05. The molecule has 1 saturated heterocycles. The molecule has 1 aliphatic heterocycles. The number of ether oxygens (including phenoxy) is 3. The molecule has 176 valence electrons. The predicted octanol–water partition coefficient (Wildman–Crippen LogP) is 4.25. The number of carbonyl (C=O) groups is 2. The highest BCUT2D eigenvalue weighted by Gasteiger charge is 2.46. The van der Waals surface area contributed by atoms with E-state index in [0.717, 1.165) is 11.1 Å². The van der Waals surface area contributed by atoms with E-state index in [4.69, 9.17) is 14.2 Å². The van der Waals surface area contributed by atoms with E-state index in [9.17, 15) is 14.7 Å². The van der Waals surface area contributed by atoms with Crippen molar-refractivity contribution < 1.29 is 28.9 Å². The van der Waals surface area contributed by atoms with Crippen LogP contribution in [0.2, 0.25) is 0 Å². The normalized spacial score (nSPS) is 17.6. The minimum Gasteiger partial charge on any atom is -0.507 e.